The summed E-state index contributed by atoms with van der Waals surface area (Å²) in [5, 5.41) is 2.83. The van der Waals surface area contributed by atoms with Crippen molar-refractivity contribution in [3.8, 4) is 11.4 Å². The summed E-state index contributed by atoms with van der Waals surface area (Å²) in [6.07, 6.45) is 0. The predicted octanol–water partition coefficient (Wildman–Crippen LogP) is 3.35. The zero-order chi connectivity index (χ0) is 14.7. The second-order valence-electron chi connectivity index (χ2n) is 4.28. The van der Waals surface area contributed by atoms with E-state index in [1.165, 1.54) is 11.8 Å². The first-order valence-corrected chi connectivity index (χ1v) is 7.95. The Balaban J connectivity index is 1.97. The van der Waals surface area contributed by atoms with E-state index in [4.69, 9.17) is 5.84 Å². The molecule has 2 aromatic heterocycles. The van der Waals surface area contributed by atoms with E-state index in [1.54, 1.807) is 11.3 Å². The fourth-order valence-electron chi connectivity index (χ4n) is 1.74. The fourth-order valence-corrected chi connectivity index (χ4v) is 3.52. The van der Waals surface area contributed by atoms with Crippen molar-refractivity contribution >= 4 is 28.9 Å². The number of nitrogens with two attached hydrogens (primary N) is 1. The molecular weight excluding hydrogens is 302 g/mol. The number of anilines is 1. The van der Waals surface area contributed by atoms with Gasteiger partial charge in [0.2, 0.25) is 0 Å². The van der Waals surface area contributed by atoms with Gasteiger partial charge in [-0.25, -0.2) is 20.8 Å². The molecule has 0 aliphatic carbocycles. The number of thiazole rings is 1. The number of nitrogens with one attached hydrogen (secondary N) is 1. The minimum absolute atomic E-state index is 0.583. The maximum absolute atomic E-state index is 5.50. The quantitative estimate of drug-likeness (QED) is 0.437. The third-order valence-electron chi connectivity index (χ3n) is 2.67. The molecular formula is C14H13N5S2. The molecule has 0 fully saturated rings. The van der Waals surface area contributed by atoms with E-state index in [1.807, 2.05) is 48.7 Å². The molecule has 0 atom stereocenters. The molecule has 3 aromatic rings. The van der Waals surface area contributed by atoms with E-state index < -0.39 is 0 Å². The van der Waals surface area contributed by atoms with Crippen LogP contribution in [0.25, 0.3) is 11.4 Å². The van der Waals surface area contributed by atoms with Gasteiger partial charge < -0.3 is 5.43 Å². The Bertz CT molecular complexity index is 742. The average molecular weight is 315 g/mol. The molecule has 0 aliphatic heterocycles. The van der Waals surface area contributed by atoms with Gasteiger partial charge in [0.1, 0.15) is 10.8 Å². The minimum Gasteiger partial charge on any atom is -0.308 e. The highest BCUT2D eigenvalue weighted by molar-refractivity contribution is 8.01. The summed E-state index contributed by atoms with van der Waals surface area (Å²) < 4.78 is 0.952. The molecule has 0 amide bonds. The molecule has 3 rings (SSSR count). The second kappa shape index (κ2) is 6.21. The number of aryl methyl sites for hydroxylation is 1. The van der Waals surface area contributed by atoms with Gasteiger partial charge in [-0.1, -0.05) is 30.3 Å². The smallest absolute Gasteiger partial charge is 0.162 e. The predicted molar refractivity (Wildman–Crippen MR) is 86.3 cm³/mol. The highest BCUT2D eigenvalue weighted by atomic mass is 32.2. The molecule has 106 valence electrons. The molecule has 21 heavy (non-hydrogen) atoms. The van der Waals surface area contributed by atoms with Gasteiger partial charge >= 0.3 is 0 Å². The van der Waals surface area contributed by atoms with Crippen LogP contribution in [-0.2, 0) is 0 Å². The molecule has 0 saturated heterocycles. The Labute approximate surface area is 130 Å². The van der Waals surface area contributed by atoms with Crippen molar-refractivity contribution in [2.45, 2.75) is 16.3 Å². The van der Waals surface area contributed by atoms with Crippen LogP contribution in [0.2, 0.25) is 0 Å². The van der Waals surface area contributed by atoms with Crippen molar-refractivity contribution in [1.29, 1.82) is 0 Å². The Morgan fingerprint density at radius 2 is 1.95 bits per heavy atom. The van der Waals surface area contributed by atoms with E-state index in [9.17, 15) is 0 Å². The SMILES string of the molecule is Cc1csc(Sc2cc(NN)nc(-c3ccccc3)n2)n1. The zero-order valence-electron chi connectivity index (χ0n) is 11.3. The molecule has 7 heteroatoms. The van der Waals surface area contributed by atoms with Crippen molar-refractivity contribution in [3.63, 3.8) is 0 Å². The van der Waals surface area contributed by atoms with Crippen molar-refractivity contribution in [1.82, 2.24) is 15.0 Å². The molecule has 0 saturated carbocycles. The first-order chi connectivity index (χ1) is 10.2. The Morgan fingerprint density at radius 3 is 2.62 bits per heavy atom. The average Bonchev–Trinajstić information content (AvgIpc) is 2.93. The molecule has 1 aromatic carbocycles. The lowest BCUT2D eigenvalue weighted by atomic mass is 10.2. The van der Waals surface area contributed by atoms with Crippen molar-refractivity contribution < 1.29 is 0 Å². The molecule has 0 radical (unpaired) electrons. The Morgan fingerprint density at radius 1 is 1.14 bits per heavy atom. The van der Waals surface area contributed by atoms with Gasteiger partial charge in [0.05, 0.1) is 0 Å². The van der Waals surface area contributed by atoms with Crippen LogP contribution in [0.5, 0.6) is 0 Å². The van der Waals surface area contributed by atoms with Crippen LogP contribution >= 0.6 is 23.1 Å². The van der Waals surface area contributed by atoms with Crippen LogP contribution in [0.3, 0.4) is 0 Å². The van der Waals surface area contributed by atoms with Crippen LogP contribution in [0.15, 0.2) is 51.1 Å². The molecule has 3 N–H and O–H groups in total. The summed E-state index contributed by atoms with van der Waals surface area (Å²) in [5.41, 5.74) is 4.55. The van der Waals surface area contributed by atoms with Gasteiger partial charge in [-0.2, -0.15) is 0 Å². The highest BCUT2D eigenvalue weighted by Gasteiger charge is 2.09. The Kier molecular flexibility index (Phi) is 4.14. The number of benzene rings is 1. The maximum Gasteiger partial charge on any atom is 0.162 e. The van der Waals surface area contributed by atoms with E-state index in [0.29, 0.717) is 11.6 Å². The number of nitrogen functional groups attached to an aromatic ring is 1. The molecule has 0 spiro atoms. The summed E-state index contributed by atoms with van der Waals surface area (Å²) in [4.78, 5) is 13.4. The monoisotopic (exact) mass is 315 g/mol. The lowest BCUT2D eigenvalue weighted by molar-refractivity contribution is 1.04. The number of rotatable bonds is 4. The number of hydrogen-bond donors (Lipinski definition) is 2. The third-order valence-corrected chi connectivity index (χ3v) is 4.65. The van der Waals surface area contributed by atoms with Crippen molar-refractivity contribution in [3.05, 3.63) is 47.5 Å². The van der Waals surface area contributed by atoms with Gasteiger partial charge in [-0.05, 0) is 18.7 Å². The standard InChI is InChI=1S/C14H13N5S2/c1-9-8-20-14(16-9)21-12-7-11(19-15)17-13(18-12)10-5-3-2-4-6-10/h2-8H,15H2,1H3,(H,17,18,19). The first kappa shape index (κ1) is 14.0. The van der Waals surface area contributed by atoms with Crippen LogP contribution < -0.4 is 11.3 Å². The molecule has 2 heterocycles. The Hall–Kier alpha value is -1.96. The number of hydrazine groups is 1. The van der Waals surface area contributed by atoms with Gasteiger partial charge in [0.15, 0.2) is 10.2 Å². The van der Waals surface area contributed by atoms with E-state index in [0.717, 1.165) is 20.6 Å². The van der Waals surface area contributed by atoms with E-state index in [-0.39, 0.29) is 0 Å². The molecule has 0 aliphatic rings. The van der Waals surface area contributed by atoms with Crippen molar-refractivity contribution in [2.24, 2.45) is 5.84 Å². The summed E-state index contributed by atoms with van der Waals surface area (Å²) in [7, 11) is 0. The summed E-state index contributed by atoms with van der Waals surface area (Å²) in [5.74, 6) is 6.72. The summed E-state index contributed by atoms with van der Waals surface area (Å²) in [6.45, 7) is 1.98. The number of aromatic nitrogens is 3. The first-order valence-electron chi connectivity index (χ1n) is 6.26. The summed E-state index contributed by atoms with van der Waals surface area (Å²) >= 11 is 3.11. The minimum atomic E-state index is 0.583. The lowest BCUT2D eigenvalue weighted by Crippen LogP contribution is -2.09. The second-order valence-corrected chi connectivity index (χ2v) is 6.41. The van der Waals surface area contributed by atoms with Crippen LogP contribution in [0.4, 0.5) is 5.82 Å². The van der Waals surface area contributed by atoms with Crippen LogP contribution in [0.1, 0.15) is 5.69 Å². The van der Waals surface area contributed by atoms with Gasteiger partial charge in [-0.3, -0.25) is 0 Å². The topological polar surface area (TPSA) is 76.7 Å². The number of hydrogen-bond acceptors (Lipinski definition) is 7. The van der Waals surface area contributed by atoms with Gasteiger partial charge in [-0.15, -0.1) is 11.3 Å². The van der Waals surface area contributed by atoms with E-state index in [2.05, 4.69) is 20.4 Å². The number of nitrogens with zero attached hydrogens (tertiary/aromatic N) is 3. The van der Waals surface area contributed by atoms with Crippen molar-refractivity contribution in [2.75, 3.05) is 5.43 Å². The van der Waals surface area contributed by atoms with E-state index >= 15 is 0 Å². The largest absolute Gasteiger partial charge is 0.308 e. The molecule has 0 bridgehead atoms. The van der Waals surface area contributed by atoms with Gasteiger partial charge in [0.25, 0.3) is 0 Å². The van der Waals surface area contributed by atoms with Crippen LogP contribution in [-0.4, -0.2) is 15.0 Å². The maximum atomic E-state index is 5.50. The lowest BCUT2D eigenvalue weighted by Gasteiger charge is -2.06. The molecule has 5 nitrogen and oxygen atoms in total. The zero-order valence-corrected chi connectivity index (χ0v) is 12.9. The van der Waals surface area contributed by atoms with Crippen LogP contribution in [0, 0.1) is 6.92 Å². The normalized spacial score (nSPS) is 10.6. The fraction of sp³-hybridized carbons (Fsp3) is 0.0714. The summed E-state index contributed by atoms with van der Waals surface area (Å²) in [6, 6.07) is 11.6. The molecule has 0 unspecified atom stereocenters. The third kappa shape index (κ3) is 3.38. The van der Waals surface area contributed by atoms with Gasteiger partial charge in [0, 0.05) is 22.7 Å². The highest BCUT2D eigenvalue weighted by Crippen LogP contribution is 2.31.